The normalized spacial score (nSPS) is 12.2. The van der Waals surface area contributed by atoms with E-state index in [0.29, 0.717) is 25.2 Å². The van der Waals surface area contributed by atoms with E-state index >= 15 is 0 Å². The largest absolute Gasteiger partial charge is 0.356 e. The molecule has 3 heteroatoms. The second-order valence-corrected chi connectivity index (χ2v) is 5.77. The highest BCUT2D eigenvalue weighted by atomic mass is 16.1. The molecule has 1 amide bonds. The summed E-state index contributed by atoms with van der Waals surface area (Å²) in [7, 11) is 0. The van der Waals surface area contributed by atoms with Gasteiger partial charge in [0.15, 0.2) is 0 Å². The highest BCUT2D eigenvalue weighted by molar-refractivity contribution is 5.80. The Morgan fingerprint density at radius 1 is 0.900 bits per heavy atom. The maximum atomic E-state index is 11.9. The summed E-state index contributed by atoms with van der Waals surface area (Å²) in [5.74, 6) is 0.652. The van der Waals surface area contributed by atoms with Gasteiger partial charge in [-0.3, -0.25) is 9.59 Å². The molecule has 0 aromatic carbocycles. The van der Waals surface area contributed by atoms with E-state index in [1.807, 2.05) is 6.92 Å². The summed E-state index contributed by atoms with van der Waals surface area (Å²) in [4.78, 5) is 23.3. The fraction of sp³-hybridized carbons (Fsp3) is 0.882. The molecule has 0 aromatic heterocycles. The Kier molecular flexibility index (Phi) is 12.6. The van der Waals surface area contributed by atoms with Crippen LogP contribution in [-0.2, 0) is 9.59 Å². The van der Waals surface area contributed by atoms with Crippen molar-refractivity contribution in [3.63, 3.8) is 0 Å². The molecule has 20 heavy (non-hydrogen) atoms. The zero-order chi connectivity index (χ0) is 15.2. The Bertz CT molecular complexity index is 264. The van der Waals surface area contributed by atoms with Crippen LogP contribution in [-0.4, -0.2) is 18.2 Å². The van der Waals surface area contributed by atoms with E-state index in [0.717, 1.165) is 32.1 Å². The molecular formula is C17H33NO2. The number of hydrogen-bond acceptors (Lipinski definition) is 2. The van der Waals surface area contributed by atoms with Crippen molar-refractivity contribution in [3.8, 4) is 0 Å². The predicted molar refractivity (Wildman–Crippen MR) is 84.7 cm³/mol. The first-order chi connectivity index (χ1) is 9.61. The van der Waals surface area contributed by atoms with Gasteiger partial charge in [-0.25, -0.2) is 0 Å². The molecule has 0 bridgehead atoms. The van der Waals surface area contributed by atoms with E-state index in [4.69, 9.17) is 0 Å². The number of hydrogen-bond donors (Lipinski definition) is 1. The second kappa shape index (κ2) is 13.1. The van der Waals surface area contributed by atoms with Crippen molar-refractivity contribution in [2.45, 2.75) is 85.0 Å². The summed E-state index contributed by atoms with van der Waals surface area (Å²) in [6, 6.07) is 0. The number of Topliss-reactive ketones (excluding diaryl/α,β-unsaturated/α-hetero) is 1. The summed E-state index contributed by atoms with van der Waals surface area (Å²) >= 11 is 0. The molecule has 1 atom stereocenters. The van der Waals surface area contributed by atoms with Crippen LogP contribution in [0.15, 0.2) is 0 Å². The van der Waals surface area contributed by atoms with Gasteiger partial charge in [-0.1, -0.05) is 52.9 Å². The number of rotatable bonds is 13. The molecule has 0 rings (SSSR count). The van der Waals surface area contributed by atoms with Crippen LogP contribution in [0.25, 0.3) is 0 Å². The molecular weight excluding hydrogens is 250 g/mol. The summed E-state index contributed by atoms with van der Waals surface area (Å²) in [6.07, 6.45) is 9.89. The Morgan fingerprint density at radius 3 is 2.25 bits per heavy atom. The molecule has 0 heterocycles. The highest BCUT2D eigenvalue weighted by Gasteiger charge is 2.12. The van der Waals surface area contributed by atoms with Crippen LogP contribution in [0.1, 0.15) is 85.0 Å². The lowest BCUT2D eigenvalue weighted by atomic mass is 9.96. The molecule has 3 nitrogen and oxygen atoms in total. The SMILES string of the molecule is CCCCCCC(C)C(=O)CCCNC(=O)CCCC. The van der Waals surface area contributed by atoms with Gasteiger partial charge in [0.25, 0.3) is 0 Å². The third kappa shape index (κ3) is 11.0. The minimum atomic E-state index is 0.118. The van der Waals surface area contributed by atoms with Crippen LogP contribution in [0.2, 0.25) is 0 Å². The van der Waals surface area contributed by atoms with Gasteiger partial charge in [0.05, 0.1) is 0 Å². The Balaban J connectivity index is 3.54. The molecule has 0 aromatic rings. The van der Waals surface area contributed by atoms with Crippen molar-refractivity contribution in [3.05, 3.63) is 0 Å². The van der Waals surface area contributed by atoms with E-state index in [2.05, 4.69) is 19.2 Å². The molecule has 0 aliphatic carbocycles. The lowest BCUT2D eigenvalue weighted by Gasteiger charge is -2.10. The smallest absolute Gasteiger partial charge is 0.219 e. The molecule has 0 saturated carbocycles. The van der Waals surface area contributed by atoms with Gasteiger partial charge in [0.2, 0.25) is 5.91 Å². The molecule has 0 radical (unpaired) electrons. The second-order valence-electron chi connectivity index (χ2n) is 5.77. The Hall–Kier alpha value is -0.860. The average molecular weight is 283 g/mol. The van der Waals surface area contributed by atoms with Gasteiger partial charge in [-0.2, -0.15) is 0 Å². The molecule has 0 fully saturated rings. The monoisotopic (exact) mass is 283 g/mol. The Labute approximate surface area is 124 Å². The van der Waals surface area contributed by atoms with Gasteiger partial charge < -0.3 is 5.32 Å². The third-order valence-electron chi connectivity index (χ3n) is 3.72. The van der Waals surface area contributed by atoms with Crippen LogP contribution in [0.3, 0.4) is 0 Å². The zero-order valence-corrected chi connectivity index (χ0v) is 13.7. The quantitative estimate of drug-likeness (QED) is 0.514. The molecule has 0 spiro atoms. The highest BCUT2D eigenvalue weighted by Crippen LogP contribution is 2.13. The molecule has 0 aliphatic heterocycles. The first-order valence-electron chi connectivity index (χ1n) is 8.41. The number of ketones is 1. The van der Waals surface area contributed by atoms with Crippen LogP contribution >= 0.6 is 0 Å². The molecule has 118 valence electrons. The van der Waals surface area contributed by atoms with Crippen molar-refractivity contribution >= 4 is 11.7 Å². The summed E-state index contributed by atoms with van der Waals surface area (Å²) < 4.78 is 0. The molecule has 1 N–H and O–H groups in total. The summed E-state index contributed by atoms with van der Waals surface area (Å²) in [5.41, 5.74) is 0. The van der Waals surface area contributed by atoms with Crippen LogP contribution in [0, 0.1) is 5.92 Å². The lowest BCUT2D eigenvalue weighted by molar-refractivity contribution is -0.123. The molecule has 0 saturated heterocycles. The summed E-state index contributed by atoms with van der Waals surface area (Å²) in [5, 5.41) is 2.88. The van der Waals surface area contributed by atoms with E-state index in [9.17, 15) is 9.59 Å². The first kappa shape index (κ1) is 19.1. The number of unbranched alkanes of at least 4 members (excludes halogenated alkanes) is 4. The molecule has 1 unspecified atom stereocenters. The number of amides is 1. The summed E-state index contributed by atoms with van der Waals surface area (Å²) in [6.45, 7) is 6.95. The van der Waals surface area contributed by atoms with Crippen molar-refractivity contribution in [2.24, 2.45) is 5.92 Å². The number of carbonyl (C=O) groups is 2. The van der Waals surface area contributed by atoms with Crippen molar-refractivity contribution in [1.82, 2.24) is 5.32 Å². The van der Waals surface area contributed by atoms with E-state index < -0.39 is 0 Å². The van der Waals surface area contributed by atoms with Gasteiger partial charge in [0.1, 0.15) is 5.78 Å². The molecule has 0 aliphatic rings. The van der Waals surface area contributed by atoms with Crippen LogP contribution in [0.5, 0.6) is 0 Å². The lowest BCUT2D eigenvalue weighted by Crippen LogP contribution is -2.25. The standard InChI is InChI=1S/C17H33NO2/c1-4-6-8-9-11-15(3)16(19)12-10-14-18-17(20)13-7-5-2/h15H,4-14H2,1-3H3,(H,18,20). The van der Waals surface area contributed by atoms with E-state index in [1.54, 1.807) is 0 Å². The maximum absolute atomic E-state index is 11.9. The fourth-order valence-corrected chi connectivity index (χ4v) is 2.20. The predicted octanol–water partition coefficient (Wildman–Crippen LogP) is 4.25. The first-order valence-corrected chi connectivity index (χ1v) is 8.41. The van der Waals surface area contributed by atoms with Gasteiger partial charge >= 0.3 is 0 Å². The van der Waals surface area contributed by atoms with Gasteiger partial charge in [-0.15, -0.1) is 0 Å². The van der Waals surface area contributed by atoms with Gasteiger partial charge in [0, 0.05) is 25.3 Å². The Morgan fingerprint density at radius 2 is 1.60 bits per heavy atom. The van der Waals surface area contributed by atoms with Gasteiger partial charge in [-0.05, 0) is 19.3 Å². The average Bonchev–Trinajstić information content (AvgIpc) is 2.45. The van der Waals surface area contributed by atoms with Crippen molar-refractivity contribution < 1.29 is 9.59 Å². The fourth-order valence-electron chi connectivity index (χ4n) is 2.20. The number of carbonyl (C=O) groups excluding carboxylic acids is 2. The maximum Gasteiger partial charge on any atom is 0.219 e. The van der Waals surface area contributed by atoms with Crippen molar-refractivity contribution in [1.29, 1.82) is 0 Å². The number of nitrogens with one attached hydrogen (secondary N) is 1. The minimum absolute atomic E-state index is 0.118. The van der Waals surface area contributed by atoms with Crippen LogP contribution in [0.4, 0.5) is 0 Å². The topological polar surface area (TPSA) is 46.2 Å². The van der Waals surface area contributed by atoms with E-state index in [-0.39, 0.29) is 11.8 Å². The minimum Gasteiger partial charge on any atom is -0.356 e. The third-order valence-corrected chi connectivity index (χ3v) is 3.72. The van der Waals surface area contributed by atoms with Crippen molar-refractivity contribution in [2.75, 3.05) is 6.54 Å². The van der Waals surface area contributed by atoms with Crippen LogP contribution < -0.4 is 5.32 Å². The van der Waals surface area contributed by atoms with E-state index in [1.165, 1.54) is 19.3 Å². The zero-order valence-electron chi connectivity index (χ0n) is 13.7.